The molecule has 0 radical (unpaired) electrons. The van der Waals surface area contributed by atoms with Crippen molar-refractivity contribution >= 4 is 33.5 Å². The molecule has 1 N–H and O–H groups in total. The van der Waals surface area contributed by atoms with Crippen LogP contribution in [-0.2, 0) is 0 Å². The smallest absolute Gasteiger partial charge is 0.335 e. The molecule has 0 aliphatic carbocycles. The summed E-state index contributed by atoms with van der Waals surface area (Å²) in [5, 5.41) is 9.39. The zero-order chi connectivity index (χ0) is 14.0. The predicted octanol–water partition coefficient (Wildman–Crippen LogP) is 4.30. The molecule has 2 rings (SSSR count). The fraction of sp³-hybridized carbons (Fsp3) is 0.0769. The van der Waals surface area contributed by atoms with Gasteiger partial charge >= 0.3 is 5.97 Å². The number of ether oxygens (including phenoxy) is 1. The summed E-state index contributed by atoms with van der Waals surface area (Å²) in [7, 11) is 0. The molecule has 1 aromatic heterocycles. The molecule has 0 amide bonds. The second-order valence-corrected chi connectivity index (χ2v) is 5.14. The fourth-order valence-electron chi connectivity index (χ4n) is 1.48. The number of pyridine rings is 1. The number of nitrogens with zero attached hydrogens (tertiary/aromatic N) is 1. The Morgan fingerprint density at radius 1 is 1.37 bits per heavy atom. The van der Waals surface area contributed by atoms with Crippen LogP contribution in [0.3, 0.4) is 0 Å². The molecule has 0 saturated heterocycles. The van der Waals surface area contributed by atoms with Crippen LogP contribution in [0.25, 0.3) is 0 Å². The first-order valence-electron chi connectivity index (χ1n) is 5.30. The molecule has 4 nitrogen and oxygen atoms in total. The molecular formula is C13H9BrClNO3. The van der Waals surface area contributed by atoms with Gasteiger partial charge in [0.25, 0.3) is 0 Å². The van der Waals surface area contributed by atoms with Crippen LogP contribution in [-0.4, -0.2) is 16.1 Å². The minimum Gasteiger partial charge on any atom is -0.478 e. The van der Waals surface area contributed by atoms with Crippen molar-refractivity contribution in [2.45, 2.75) is 6.92 Å². The highest BCUT2D eigenvalue weighted by Gasteiger charge is 2.10. The van der Waals surface area contributed by atoms with Gasteiger partial charge in [-0.1, -0.05) is 27.5 Å². The van der Waals surface area contributed by atoms with Crippen LogP contribution < -0.4 is 4.74 Å². The van der Waals surface area contributed by atoms with Crippen molar-refractivity contribution in [1.29, 1.82) is 0 Å². The molecule has 98 valence electrons. The van der Waals surface area contributed by atoms with Gasteiger partial charge in [0.15, 0.2) is 0 Å². The molecule has 1 heterocycles. The standard InChI is InChI=1S/C13H9BrClNO3/c1-7-4-8(13(17)18)5-12(16-7)19-11-3-2-9(14)6-10(11)15/h2-6H,1H3,(H,17,18). The van der Waals surface area contributed by atoms with Crippen molar-refractivity contribution in [3.8, 4) is 11.6 Å². The number of carbonyl (C=O) groups is 1. The molecule has 0 aliphatic rings. The molecule has 6 heteroatoms. The molecule has 0 saturated carbocycles. The Hall–Kier alpha value is -1.59. The van der Waals surface area contributed by atoms with Gasteiger partial charge in [-0.15, -0.1) is 0 Å². The third-order valence-corrected chi connectivity index (χ3v) is 3.07. The molecule has 19 heavy (non-hydrogen) atoms. The van der Waals surface area contributed by atoms with E-state index < -0.39 is 5.97 Å². The van der Waals surface area contributed by atoms with Crippen molar-refractivity contribution in [3.05, 3.63) is 51.1 Å². The van der Waals surface area contributed by atoms with Gasteiger partial charge in [0, 0.05) is 16.2 Å². The van der Waals surface area contributed by atoms with Gasteiger partial charge in [-0.3, -0.25) is 0 Å². The lowest BCUT2D eigenvalue weighted by atomic mass is 10.2. The second-order valence-electron chi connectivity index (χ2n) is 3.82. The summed E-state index contributed by atoms with van der Waals surface area (Å²) in [6, 6.07) is 7.96. The first-order valence-corrected chi connectivity index (χ1v) is 6.47. The third-order valence-electron chi connectivity index (χ3n) is 2.29. The van der Waals surface area contributed by atoms with Crippen molar-refractivity contribution in [3.63, 3.8) is 0 Å². The van der Waals surface area contributed by atoms with Crippen LogP contribution >= 0.6 is 27.5 Å². The molecule has 0 fully saturated rings. The van der Waals surface area contributed by atoms with Crippen LogP contribution in [0.4, 0.5) is 0 Å². The minimum absolute atomic E-state index is 0.121. The summed E-state index contributed by atoms with van der Waals surface area (Å²) >= 11 is 9.31. The highest BCUT2D eigenvalue weighted by atomic mass is 79.9. The summed E-state index contributed by atoms with van der Waals surface area (Å²) in [5.74, 6) is -0.418. The third kappa shape index (κ3) is 3.45. The number of hydrogen-bond acceptors (Lipinski definition) is 3. The first kappa shape index (κ1) is 13.8. The molecule has 0 aliphatic heterocycles. The van der Waals surface area contributed by atoms with E-state index in [0.717, 1.165) is 4.47 Å². The number of carboxylic acid groups (broad SMARTS) is 1. The van der Waals surface area contributed by atoms with Crippen molar-refractivity contribution in [2.24, 2.45) is 0 Å². The molecule has 0 bridgehead atoms. The summed E-state index contributed by atoms with van der Waals surface area (Å²) in [4.78, 5) is 15.1. The van der Waals surface area contributed by atoms with Crippen molar-refractivity contribution < 1.29 is 14.6 Å². The highest BCUT2D eigenvalue weighted by molar-refractivity contribution is 9.10. The predicted molar refractivity (Wildman–Crippen MR) is 75.2 cm³/mol. The summed E-state index contributed by atoms with van der Waals surface area (Å²) < 4.78 is 6.34. The minimum atomic E-state index is -1.03. The van der Waals surface area contributed by atoms with Crippen LogP contribution in [0.15, 0.2) is 34.8 Å². The van der Waals surface area contributed by atoms with Gasteiger partial charge in [0.05, 0.1) is 10.6 Å². The van der Waals surface area contributed by atoms with Crippen molar-refractivity contribution in [2.75, 3.05) is 0 Å². The Labute approximate surface area is 123 Å². The van der Waals surface area contributed by atoms with E-state index in [1.807, 2.05) is 0 Å². The average molecular weight is 343 g/mol. The number of aromatic nitrogens is 1. The molecule has 0 spiro atoms. The number of hydrogen-bond donors (Lipinski definition) is 1. The first-order chi connectivity index (χ1) is 8.95. The number of carboxylic acids is 1. The van der Waals surface area contributed by atoms with Gasteiger partial charge in [0.1, 0.15) is 5.75 Å². The number of rotatable bonds is 3. The maximum Gasteiger partial charge on any atom is 0.335 e. The fourth-order valence-corrected chi connectivity index (χ4v) is 2.20. The maximum atomic E-state index is 11.0. The van der Waals surface area contributed by atoms with E-state index in [1.54, 1.807) is 25.1 Å². The highest BCUT2D eigenvalue weighted by Crippen LogP contribution is 2.31. The van der Waals surface area contributed by atoms with Gasteiger partial charge in [-0.05, 0) is 31.2 Å². The Morgan fingerprint density at radius 2 is 2.11 bits per heavy atom. The van der Waals surface area contributed by atoms with E-state index in [1.165, 1.54) is 12.1 Å². The van der Waals surface area contributed by atoms with Crippen LogP contribution in [0, 0.1) is 6.92 Å². The van der Waals surface area contributed by atoms with E-state index in [4.69, 9.17) is 21.4 Å². The van der Waals surface area contributed by atoms with E-state index in [9.17, 15) is 4.79 Å². The van der Waals surface area contributed by atoms with E-state index in [-0.39, 0.29) is 11.4 Å². The van der Waals surface area contributed by atoms with E-state index in [2.05, 4.69) is 20.9 Å². The van der Waals surface area contributed by atoms with Crippen LogP contribution in [0.5, 0.6) is 11.6 Å². The zero-order valence-corrected chi connectivity index (χ0v) is 12.2. The lowest BCUT2D eigenvalue weighted by molar-refractivity contribution is 0.0696. The van der Waals surface area contributed by atoms with Gasteiger partial charge in [-0.25, -0.2) is 9.78 Å². The SMILES string of the molecule is Cc1cc(C(=O)O)cc(Oc2ccc(Br)cc2Cl)n1. The zero-order valence-electron chi connectivity index (χ0n) is 9.85. The topological polar surface area (TPSA) is 59.4 Å². The van der Waals surface area contributed by atoms with Crippen LogP contribution in [0.1, 0.15) is 16.1 Å². The lowest BCUT2D eigenvalue weighted by Crippen LogP contribution is -2.00. The van der Waals surface area contributed by atoms with Crippen LogP contribution in [0.2, 0.25) is 5.02 Å². The van der Waals surface area contributed by atoms with Gasteiger partial charge in [0.2, 0.25) is 5.88 Å². The maximum absolute atomic E-state index is 11.0. The van der Waals surface area contributed by atoms with Gasteiger partial charge in [-0.2, -0.15) is 0 Å². The monoisotopic (exact) mass is 341 g/mol. The largest absolute Gasteiger partial charge is 0.478 e. The lowest BCUT2D eigenvalue weighted by Gasteiger charge is -2.08. The average Bonchev–Trinajstić information content (AvgIpc) is 2.32. The number of aromatic carboxylic acids is 1. The molecular weight excluding hydrogens is 334 g/mol. The second kappa shape index (κ2) is 5.59. The van der Waals surface area contributed by atoms with E-state index >= 15 is 0 Å². The summed E-state index contributed by atoms with van der Waals surface area (Å²) in [5.41, 5.74) is 0.680. The Kier molecular flexibility index (Phi) is 4.07. The normalized spacial score (nSPS) is 10.3. The summed E-state index contributed by atoms with van der Waals surface area (Å²) in [6.07, 6.45) is 0. The van der Waals surface area contributed by atoms with Crippen molar-refractivity contribution in [1.82, 2.24) is 4.98 Å². The molecule has 1 aromatic carbocycles. The quantitative estimate of drug-likeness (QED) is 0.903. The number of aryl methyl sites for hydroxylation is 1. The molecule has 2 aromatic rings. The van der Waals surface area contributed by atoms with Gasteiger partial charge < -0.3 is 9.84 Å². The molecule has 0 unspecified atom stereocenters. The Bertz CT molecular complexity index is 646. The van der Waals surface area contributed by atoms with E-state index in [0.29, 0.717) is 16.5 Å². The Balaban J connectivity index is 2.35. The Morgan fingerprint density at radius 3 is 2.74 bits per heavy atom. The summed E-state index contributed by atoms with van der Waals surface area (Å²) in [6.45, 7) is 1.70. The molecule has 0 atom stereocenters. The number of halogens is 2. The number of benzene rings is 1.